The predicted octanol–water partition coefficient (Wildman–Crippen LogP) is 5.58. The summed E-state index contributed by atoms with van der Waals surface area (Å²) in [6.07, 6.45) is 10.7. The van der Waals surface area contributed by atoms with Gasteiger partial charge in [0.15, 0.2) is 0 Å². The number of ether oxygens (including phenoxy) is 1. The summed E-state index contributed by atoms with van der Waals surface area (Å²) in [5, 5.41) is 2.98. The van der Waals surface area contributed by atoms with Crippen molar-refractivity contribution in [2.75, 3.05) is 31.1 Å². The molecule has 0 aromatic heterocycles. The Morgan fingerprint density at radius 1 is 0.850 bits per heavy atom. The van der Waals surface area contributed by atoms with E-state index in [-0.39, 0.29) is 23.8 Å². The minimum absolute atomic E-state index is 0.0261. The van der Waals surface area contributed by atoms with Crippen LogP contribution in [0.1, 0.15) is 81.4 Å². The van der Waals surface area contributed by atoms with Gasteiger partial charge in [0, 0.05) is 45.5 Å². The largest absolute Gasteiger partial charge is 0.377 e. The molecule has 2 aliphatic rings. The second-order valence-electron chi connectivity index (χ2n) is 10.6. The molecule has 7 nitrogen and oxygen atoms in total. The van der Waals surface area contributed by atoms with Gasteiger partial charge in [0.05, 0.1) is 18.3 Å². The average Bonchev–Trinajstić information content (AvgIpc) is 3.43. The second-order valence-corrected chi connectivity index (χ2v) is 10.6. The van der Waals surface area contributed by atoms with E-state index >= 15 is 0 Å². The zero-order valence-corrected chi connectivity index (χ0v) is 23.8. The predicted molar refractivity (Wildman–Crippen MR) is 160 cm³/mol. The second kappa shape index (κ2) is 15.4. The van der Waals surface area contributed by atoms with Crippen LogP contribution in [0.25, 0.3) is 12.2 Å². The molecule has 0 spiro atoms. The quantitative estimate of drug-likeness (QED) is 0.334. The van der Waals surface area contributed by atoms with Crippen LogP contribution in [0, 0.1) is 0 Å². The summed E-state index contributed by atoms with van der Waals surface area (Å²) in [4.78, 5) is 41.7. The molecule has 1 saturated heterocycles. The Hall–Kier alpha value is -3.45. The van der Waals surface area contributed by atoms with Crippen LogP contribution in [0.15, 0.2) is 48.5 Å². The van der Waals surface area contributed by atoms with Gasteiger partial charge in [0.25, 0.3) is 0 Å². The van der Waals surface area contributed by atoms with E-state index in [9.17, 15) is 14.4 Å². The highest BCUT2D eigenvalue weighted by Crippen LogP contribution is 2.29. The number of fused-ring (bicyclic) bond motifs is 2. The van der Waals surface area contributed by atoms with Crippen LogP contribution in [0.4, 0.5) is 5.69 Å². The maximum atomic E-state index is 13.3. The highest BCUT2D eigenvalue weighted by atomic mass is 16.5. The summed E-state index contributed by atoms with van der Waals surface area (Å²) in [5.41, 5.74) is 4.20. The molecule has 2 aromatic carbocycles. The molecule has 40 heavy (non-hydrogen) atoms. The lowest BCUT2D eigenvalue weighted by atomic mass is 10.0. The van der Waals surface area contributed by atoms with Gasteiger partial charge >= 0.3 is 0 Å². The van der Waals surface area contributed by atoms with Crippen LogP contribution in [-0.4, -0.2) is 55.0 Å². The molecular weight excluding hydrogens is 502 g/mol. The number of hydrogen-bond donors (Lipinski definition) is 1. The minimum Gasteiger partial charge on any atom is -0.377 e. The van der Waals surface area contributed by atoms with Crippen molar-refractivity contribution in [2.45, 2.75) is 77.4 Å². The van der Waals surface area contributed by atoms with Crippen molar-refractivity contribution < 1.29 is 19.1 Å². The van der Waals surface area contributed by atoms with Crippen LogP contribution >= 0.6 is 0 Å². The van der Waals surface area contributed by atoms with Gasteiger partial charge in [-0.05, 0) is 61.8 Å². The molecule has 7 heteroatoms. The number of carbonyl (C=O) groups is 3. The Labute approximate surface area is 238 Å². The van der Waals surface area contributed by atoms with E-state index in [1.165, 1.54) is 0 Å². The van der Waals surface area contributed by atoms with Crippen molar-refractivity contribution >= 4 is 35.6 Å². The lowest BCUT2D eigenvalue weighted by Gasteiger charge is -2.27. The number of nitrogens with zero attached hydrogens (tertiary/aromatic N) is 2. The number of likely N-dealkylation sites (tertiary alicyclic amines) is 1. The number of carbonyl (C=O) groups excluding carboxylic acids is 3. The summed E-state index contributed by atoms with van der Waals surface area (Å²) in [6.45, 7) is 5.34. The van der Waals surface area contributed by atoms with Gasteiger partial charge in [0.1, 0.15) is 0 Å². The van der Waals surface area contributed by atoms with E-state index in [1.54, 1.807) is 0 Å². The Balaban J connectivity index is 1.11. The lowest BCUT2D eigenvalue weighted by molar-refractivity contribution is -0.130. The molecule has 0 saturated carbocycles. The number of unbranched alkanes of at least 4 members (excludes halogenated alkanes) is 3. The molecule has 2 aromatic rings. The molecule has 4 rings (SSSR count). The number of amides is 3. The minimum atomic E-state index is 0.0261. The number of rotatable bonds is 13. The van der Waals surface area contributed by atoms with E-state index < -0.39 is 0 Å². The molecule has 0 aliphatic carbocycles. The van der Waals surface area contributed by atoms with Gasteiger partial charge in [-0.1, -0.05) is 61.0 Å². The monoisotopic (exact) mass is 545 g/mol. The number of nitrogens with one attached hydrogen (secondary N) is 1. The van der Waals surface area contributed by atoms with Gasteiger partial charge in [-0.3, -0.25) is 14.4 Å². The Morgan fingerprint density at radius 3 is 2.40 bits per heavy atom. The summed E-state index contributed by atoms with van der Waals surface area (Å²) >= 11 is 0. The van der Waals surface area contributed by atoms with E-state index in [2.05, 4.69) is 29.6 Å². The Morgan fingerprint density at radius 2 is 1.55 bits per heavy atom. The van der Waals surface area contributed by atoms with Crippen LogP contribution in [0.2, 0.25) is 0 Å². The lowest BCUT2D eigenvalue weighted by Crippen LogP contribution is -2.31. The molecule has 0 unspecified atom stereocenters. The first-order valence-corrected chi connectivity index (χ1v) is 14.9. The van der Waals surface area contributed by atoms with Crippen LogP contribution in [0.3, 0.4) is 0 Å². The van der Waals surface area contributed by atoms with Gasteiger partial charge in [-0.15, -0.1) is 0 Å². The molecule has 2 aliphatic heterocycles. The molecule has 2 heterocycles. The molecule has 1 fully saturated rings. The van der Waals surface area contributed by atoms with Gasteiger partial charge in [0.2, 0.25) is 17.7 Å². The van der Waals surface area contributed by atoms with Crippen LogP contribution in [-0.2, 0) is 25.7 Å². The third-order valence-electron chi connectivity index (χ3n) is 7.69. The van der Waals surface area contributed by atoms with Gasteiger partial charge < -0.3 is 19.9 Å². The van der Waals surface area contributed by atoms with E-state index in [0.29, 0.717) is 58.3 Å². The number of hydrogen-bond acceptors (Lipinski definition) is 4. The third-order valence-corrected chi connectivity index (χ3v) is 7.69. The summed E-state index contributed by atoms with van der Waals surface area (Å²) < 4.78 is 5.62. The van der Waals surface area contributed by atoms with E-state index in [1.807, 2.05) is 53.1 Å². The first kappa shape index (κ1) is 29.5. The number of para-hydroxylation sites is 1. The fourth-order valence-electron chi connectivity index (χ4n) is 5.45. The van der Waals surface area contributed by atoms with Gasteiger partial charge in [-0.2, -0.15) is 0 Å². The Bertz CT molecular complexity index is 1180. The highest BCUT2D eigenvalue weighted by molar-refractivity contribution is 5.97. The molecular formula is C33H43N3O4. The molecule has 3 amide bonds. The van der Waals surface area contributed by atoms with E-state index in [0.717, 1.165) is 54.6 Å². The molecule has 214 valence electrons. The smallest absolute Gasteiger partial charge is 0.227 e. The Kier molecular flexibility index (Phi) is 11.3. The zero-order chi connectivity index (χ0) is 28.2. The number of anilines is 1. The number of benzene rings is 2. The highest BCUT2D eigenvalue weighted by Gasteiger charge is 2.26. The fraction of sp³-hybridized carbons (Fsp3) is 0.485. The summed E-state index contributed by atoms with van der Waals surface area (Å²) in [5.74, 6) is 0.314. The molecule has 1 N–H and O–H groups in total. The maximum absolute atomic E-state index is 13.3. The summed E-state index contributed by atoms with van der Waals surface area (Å²) in [7, 11) is 0. The van der Waals surface area contributed by atoms with Crippen molar-refractivity contribution in [1.29, 1.82) is 0 Å². The third kappa shape index (κ3) is 8.52. The zero-order valence-electron chi connectivity index (χ0n) is 23.8. The first-order valence-electron chi connectivity index (χ1n) is 14.9. The standard InChI is InChI=1S/C33H43N3O4/c1-2-40-29-21-23-35(25-29)32(38)17-4-3-11-22-34-31(37)16-9-10-18-33(39)36-24-28-14-6-5-12-26(28)19-20-27-13-7-8-15-30(27)36/h5-8,12-15,19-20,29H,2-4,9-11,16-18,21-25H2,1H3,(H,34,37)/b20-19-/t29-/m0/s1. The van der Waals surface area contributed by atoms with Crippen LogP contribution in [0.5, 0.6) is 0 Å². The molecule has 0 radical (unpaired) electrons. The first-order chi connectivity index (χ1) is 19.5. The SMILES string of the molecule is CCO[C@H]1CCN(C(=O)CCCCCNC(=O)CCCCC(=O)N2Cc3ccccc3/C=C\c3ccccc32)C1. The topological polar surface area (TPSA) is 79.0 Å². The van der Waals surface area contributed by atoms with Crippen molar-refractivity contribution in [3.63, 3.8) is 0 Å². The molecule has 0 bridgehead atoms. The van der Waals surface area contributed by atoms with E-state index in [4.69, 9.17) is 4.74 Å². The maximum Gasteiger partial charge on any atom is 0.227 e. The normalized spacial score (nSPS) is 17.0. The van der Waals surface area contributed by atoms with Crippen molar-refractivity contribution in [2.24, 2.45) is 0 Å². The van der Waals surface area contributed by atoms with Crippen LogP contribution < -0.4 is 10.2 Å². The van der Waals surface area contributed by atoms with Crippen molar-refractivity contribution in [1.82, 2.24) is 10.2 Å². The summed E-state index contributed by atoms with van der Waals surface area (Å²) in [6, 6.07) is 16.2. The van der Waals surface area contributed by atoms with Crippen molar-refractivity contribution in [3.05, 3.63) is 65.2 Å². The van der Waals surface area contributed by atoms with Gasteiger partial charge in [-0.25, -0.2) is 0 Å². The molecule has 1 atom stereocenters. The fourth-order valence-corrected chi connectivity index (χ4v) is 5.45. The van der Waals surface area contributed by atoms with Crippen molar-refractivity contribution in [3.8, 4) is 0 Å². The average molecular weight is 546 g/mol.